The summed E-state index contributed by atoms with van der Waals surface area (Å²) in [5, 5.41) is 0. The van der Waals surface area contributed by atoms with Crippen molar-refractivity contribution in [2.45, 2.75) is 27.2 Å². The number of hydrogen-bond donors (Lipinski definition) is 0. The van der Waals surface area contributed by atoms with Crippen molar-refractivity contribution < 1.29 is 14.3 Å². The van der Waals surface area contributed by atoms with Crippen LogP contribution in [0.4, 0.5) is 4.79 Å². The van der Waals surface area contributed by atoms with Crippen molar-refractivity contribution in [1.82, 2.24) is 14.7 Å². The summed E-state index contributed by atoms with van der Waals surface area (Å²) in [7, 11) is 0. The number of ether oxygens (including phenoxy) is 1. The molecule has 0 radical (unpaired) electrons. The third kappa shape index (κ3) is 4.86. The molecule has 2 fully saturated rings. The van der Waals surface area contributed by atoms with E-state index >= 15 is 0 Å². The minimum atomic E-state index is -0.267. The van der Waals surface area contributed by atoms with Gasteiger partial charge in [0.05, 0.1) is 11.5 Å². The predicted molar refractivity (Wildman–Crippen MR) is 99.6 cm³/mol. The Bertz CT molecular complexity index is 529. The van der Waals surface area contributed by atoms with Gasteiger partial charge in [-0.25, -0.2) is 4.79 Å². The van der Waals surface area contributed by atoms with E-state index in [1.54, 1.807) is 16.7 Å². The number of hydrogen-bond acceptors (Lipinski definition) is 6. The highest BCUT2D eigenvalue weighted by molar-refractivity contribution is 8.26. The van der Waals surface area contributed by atoms with Gasteiger partial charge in [-0.05, 0) is 19.3 Å². The number of piperazine rings is 1. The molecule has 24 heavy (non-hydrogen) atoms. The van der Waals surface area contributed by atoms with Gasteiger partial charge in [-0.15, -0.1) is 0 Å². The summed E-state index contributed by atoms with van der Waals surface area (Å²) in [4.78, 5) is 30.3. The molecule has 0 aliphatic carbocycles. The van der Waals surface area contributed by atoms with Crippen molar-refractivity contribution in [3.63, 3.8) is 0 Å². The number of rotatable bonds is 5. The van der Waals surface area contributed by atoms with E-state index in [1.165, 1.54) is 11.8 Å². The van der Waals surface area contributed by atoms with E-state index < -0.39 is 0 Å². The van der Waals surface area contributed by atoms with E-state index in [1.807, 2.05) is 6.20 Å². The summed E-state index contributed by atoms with van der Waals surface area (Å²) < 4.78 is 5.65. The minimum absolute atomic E-state index is 0.00141. The summed E-state index contributed by atoms with van der Waals surface area (Å²) in [5.74, 6) is 0.535. The first-order valence-corrected chi connectivity index (χ1v) is 9.56. The summed E-state index contributed by atoms with van der Waals surface area (Å²) in [6.07, 6.45) is 2.56. The Kier molecular flexibility index (Phi) is 6.91. The molecule has 0 aromatic carbocycles. The maximum Gasteiger partial charge on any atom is 0.409 e. The Morgan fingerprint density at radius 3 is 2.58 bits per heavy atom. The molecule has 0 aromatic heterocycles. The monoisotopic (exact) mass is 371 g/mol. The molecule has 2 heterocycles. The van der Waals surface area contributed by atoms with Gasteiger partial charge in [0.1, 0.15) is 4.32 Å². The lowest BCUT2D eigenvalue weighted by Gasteiger charge is -2.33. The fourth-order valence-electron chi connectivity index (χ4n) is 2.48. The molecule has 0 bridgehead atoms. The Balaban J connectivity index is 1.90. The largest absolute Gasteiger partial charge is 0.450 e. The van der Waals surface area contributed by atoms with Gasteiger partial charge in [0.2, 0.25) is 0 Å². The normalized spacial score (nSPS) is 20.5. The number of carbonyl (C=O) groups excluding carboxylic acids is 2. The third-order valence-corrected chi connectivity index (χ3v) is 5.31. The highest BCUT2D eigenvalue weighted by atomic mass is 32.2. The van der Waals surface area contributed by atoms with Crippen molar-refractivity contribution in [1.29, 1.82) is 0 Å². The Labute approximate surface area is 153 Å². The van der Waals surface area contributed by atoms with Crippen molar-refractivity contribution in [2.24, 2.45) is 5.92 Å². The molecular formula is C16H25N3O3S2. The van der Waals surface area contributed by atoms with E-state index in [9.17, 15) is 9.59 Å². The van der Waals surface area contributed by atoms with Crippen molar-refractivity contribution in [3.05, 3.63) is 11.1 Å². The van der Waals surface area contributed by atoms with Gasteiger partial charge < -0.3 is 14.5 Å². The second kappa shape index (κ2) is 8.71. The van der Waals surface area contributed by atoms with Gasteiger partial charge in [-0.3, -0.25) is 9.69 Å². The fraction of sp³-hybridized carbons (Fsp3) is 0.688. The van der Waals surface area contributed by atoms with Crippen LogP contribution in [0.1, 0.15) is 27.2 Å². The van der Waals surface area contributed by atoms with Crippen LogP contribution in [0.3, 0.4) is 0 Å². The van der Waals surface area contributed by atoms with Crippen LogP contribution in [0.25, 0.3) is 0 Å². The summed E-state index contributed by atoms with van der Waals surface area (Å²) >= 11 is 6.70. The third-order valence-electron chi connectivity index (χ3n) is 3.94. The fourth-order valence-corrected chi connectivity index (χ4v) is 3.80. The molecule has 2 aliphatic rings. The Hall–Kier alpha value is -1.28. The maximum atomic E-state index is 12.5. The van der Waals surface area contributed by atoms with Crippen molar-refractivity contribution >= 4 is 40.3 Å². The number of carbonyl (C=O) groups is 2. The van der Waals surface area contributed by atoms with Crippen LogP contribution in [-0.4, -0.2) is 70.4 Å². The molecule has 2 aliphatic heterocycles. The molecule has 0 N–H and O–H groups in total. The maximum absolute atomic E-state index is 12.5. The van der Waals surface area contributed by atoms with Gasteiger partial charge >= 0.3 is 6.09 Å². The van der Waals surface area contributed by atoms with Crippen LogP contribution in [-0.2, 0) is 9.53 Å². The van der Waals surface area contributed by atoms with Gasteiger partial charge in [-0.2, -0.15) is 0 Å². The molecule has 6 nitrogen and oxygen atoms in total. The first-order chi connectivity index (χ1) is 11.4. The molecular weight excluding hydrogens is 346 g/mol. The highest BCUT2D eigenvalue weighted by Gasteiger charge is 2.32. The summed E-state index contributed by atoms with van der Waals surface area (Å²) in [6, 6.07) is 0. The highest BCUT2D eigenvalue weighted by Crippen LogP contribution is 2.31. The first kappa shape index (κ1) is 19.1. The summed E-state index contributed by atoms with van der Waals surface area (Å²) in [6.45, 7) is 9.71. The molecule has 0 saturated carbocycles. The SMILES string of the molecule is CCOC(=O)N1CCN(C=C2SC(=S)N(CCC(C)C)C2=O)CC1. The van der Waals surface area contributed by atoms with Crippen molar-refractivity contribution in [3.8, 4) is 0 Å². The van der Waals surface area contributed by atoms with Gasteiger partial charge in [0.15, 0.2) is 0 Å². The Morgan fingerprint density at radius 2 is 2.00 bits per heavy atom. The van der Waals surface area contributed by atoms with E-state index in [0.717, 1.165) is 6.42 Å². The lowest BCUT2D eigenvalue weighted by atomic mass is 10.1. The molecule has 2 amide bonds. The Morgan fingerprint density at radius 1 is 1.33 bits per heavy atom. The van der Waals surface area contributed by atoms with Crippen LogP contribution in [0.15, 0.2) is 11.1 Å². The second-order valence-electron chi connectivity index (χ2n) is 6.22. The number of thioether (sulfide) groups is 1. The molecule has 0 aromatic rings. The lowest BCUT2D eigenvalue weighted by molar-refractivity contribution is -0.122. The van der Waals surface area contributed by atoms with Gasteiger partial charge in [0.25, 0.3) is 5.91 Å². The van der Waals surface area contributed by atoms with Crippen LogP contribution in [0, 0.1) is 5.92 Å². The van der Waals surface area contributed by atoms with Gasteiger partial charge in [-0.1, -0.05) is 37.8 Å². The van der Waals surface area contributed by atoms with Crippen molar-refractivity contribution in [2.75, 3.05) is 39.3 Å². The molecule has 134 valence electrons. The molecule has 0 spiro atoms. The zero-order valence-corrected chi connectivity index (χ0v) is 16.1. The molecule has 0 atom stereocenters. The second-order valence-corrected chi connectivity index (χ2v) is 7.90. The number of amides is 2. The molecule has 2 saturated heterocycles. The van der Waals surface area contributed by atoms with E-state index in [-0.39, 0.29) is 12.0 Å². The molecule has 0 unspecified atom stereocenters. The zero-order chi connectivity index (χ0) is 17.7. The van der Waals surface area contributed by atoms with E-state index in [2.05, 4.69) is 18.7 Å². The zero-order valence-electron chi connectivity index (χ0n) is 14.5. The van der Waals surface area contributed by atoms with Crippen LogP contribution in [0.2, 0.25) is 0 Å². The van der Waals surface area contributed by atoms with Gasteiger partial charge in [0, 0.05) is 38.9 Å². The van der Waals surface area contributed by atoms with E-state index in [4.69, 9.17) is 17.0 Å². The quantitative estimate of drug-likeness (QED) is 0.547. The average Bonchev–Trinajstić information content (AvgIpc) is 2.80. The van der Waals surface area contributed by atoms with Crippen LogP contribution < -0.4 is 0 Å². The number of nitrogens with zero attached hydrogens (tertiary/aromatic N) is 3. The topological polar surface area (TPSA) is 53.1 Å². The van der Waals surface area contributed by atoms with E-state index in [0.29, 0.717) is 54.5 Å². The standard InChI is InChI=1S/C16H25N3O3S2/c1-4-22-15(21)18-9-7-17(8-10-18)11-13-14(20)19(16(23)24-13)6-5-12(2)3/h11-12H,4-10H2,1-3H3. The first-order valence-electron chi connectivity index (χ1n) is 8.33. The summed E-state index contributed by atoms with van der Waals surface area (Å²) in [5.41, 5.74) is 0. The predicted octanol–water partition coefficient (Wildman–Crippen LogP) is 2.51. The van der Waals surface area contributed by atoms with Crippen LogP contribution in [0.5, 0.6) is 0 Å². The molecule has 2 rings (SSSR count). The smallest absolute Gasteiger partial charge is 0.409 e. The minimum Gasteiger partial charge on any atom is -0.450 e. The lowest BCUT2D eigenvalue weighted by Crippen LogP contribution is -2.47. The number of thiocarbonyl (C=S) groups is 1. The molecule has 8 heteroatoms. The van der Waals surface area contributed by atoms with Crippen LogP contribution >= 0.6 is 24.0 Å². The average molecular weight is 372 g/mol.